The maximum absolute atomic E-state index is 13.7. The molecular weight excluding hydrogens is 273 g/mol. The second kappa shape index (κ2) is 5.06. The van der Waals surface area contributed by atoms with Crippen LogP contribution >= 0.6 is 0 Å². The van der Waals surface area contributed by atoms with Crippen LogP contribution in [-0.2, 0) is 10.6 Å². The third-order valence-electron chi connectivity index (χ3n) is 3.38. The van der Waals surface area contributed by atoms with E-state index in [1.807, 2.05) is 0 Å². The average molecular weight is 289 g/mol. The predicted molar refractivity (Wildman–Crippen MR) is 64.6 cm³/mol. The Kier molecular flexibility index (Phi) is 3.74. The van der Waals surface area contributed by atoms with E-state index >= 15 is 0 Å². The number of phenols is 3. The number of aliphatic hydroxyl groups is 2. The van der Waals surface area contributed by atoms with Gasteiger partial charge in [0, 0.05) is 18.7 Å². The molecular formula is C12H16FNO6. The van der Waals surface area contributed by atoms with E-state index in [9.17, 15) is 29.9 Å². The Balaban J connectivity index is 2.56. The fourth-order valence-electron chi connectivity index (χ4n) is 2.15. The van der Waals surface area contributed by atoms with E-state index in [1.54, 1.807) is 0 Å². The summed E-state index contributed by atoms with van der Waals surface area (Å²) in [5.74, 6) is -7.00. The fraction of sp³-hybridized carbons (Fsp3) is 0.500. The van der Waals surface area contributed by atoms with Crippen molar-refractivity contribution in [3.63, 3.8) is 0 Å². The molecule has 1 aliphatic rings. The Morgan fingerprint density at radius 3 is 2.15 bits per heavy atom. The zero-order chi connectivity index (χ0) is 15.1. The van der Waals surface area contributed by atoms with Crippen LogP contribution in [0.5, 0.6) is 17.2 Å². The smallest absolute Gasteiger partial charge is 0.261 e. The first kappa shape index (κ1) is 14.8. The molecule has 1 aromatic carbocycles. The summed E-state index contributed by atoms with van der Waals surface area (Å²) >= 11 is 0. The van der Waals surface area contributed by atoms with Gasteiger partial charge >= 0.3 is 0 Å². The third-order valence-corrected chi connectivity index (χ3v) is 3.38. The quantitative estimate of drug-likeness (QED) is 0.288. The predicted octanol–water partition coefficient (Wildman–Crippen LogP) is -0.322. The molecule has 0 spiro atoms. The SMILES string of the molecule is Cc1c(O)c(O)c(C(O)(O)N2CCOCC2)c(O)c1F. The van der Waals surface area contributed by atoms with E-state index in [0.29, 0.717) is 0 Å². The molecule has 0 atom stereocenters. The minimum Gasteiger partial charge on any atom is -0.504 e. The van der Waals surface area contributed by atoms with Crippen molar-refractivity contribution in [3.8, 4) is 17.2 Å². The van der Waals surface area contributed by atoms with Crippen molar-refractivity contribution in [1.82, 2.24) is 4.90 Å². The summed E-state index contributed by atoms with van der Waals surface area (Å²) in [6, 6.07) is 0. The van der Waals surface area contributed by atoms with Crippen LogP contribution in [0.1, 0.15) is 11.1 Å². The zero-order valence-electron chi connectivity index (χ0n) is 10.8. The lowest BCUT2D eigenvalue weighted by Gasteiger charge is -2.38. The number of nitrogens with zero attached hydrogens (tertiary/aromatic N) is 1. The van der Waals surface area contributed by atoms with E-state index in [2.05, 4.69) is 0 Å². The van der Waals surface area contributed by atoms with E-state index < -0.39 is 34.5 Å². The lowest BCUT2D eigenvalue weighted by Crippen LogP contribution is -2.51. The van der Waals surface area contributed by atoms with Gasteiger partial charge in [0.2, 0.25) is 0 Å². The number of hydrogen-bond acceptors (Lipinski definition) is 7. The molecule has 1 heterocycles. The molecule has 8 heteroatoms. The average Bonchev–Trinajstić information content (AvgIpc) is 2.44. The number of aromatic hydroxyl groups is 3. The monoisotopic (exact) mass is 289 g/mol. The Morgan fingerprint density at radius 1 is 1.05 bits per heavy atom. The molecule has 2 rings (SSSR count). The molecule has 0 amide bonds. The van der Waals surface area contributed by atoms with Crippen LogP contribution < -0.4 is 0 Å². The number of hydrogen-bond donors (Lipinski definition) is 5. The van der Waals surface area contributed by atoms with Gasteiger partial charge in [-0.3, -0.25) is 0 Å². The second-order valence-electron chi connectivity index (χ2n) is 4.59. The summed E-state index contributed by atoms with van der Waals surface area (Å²) in [5.41, 5.74) is -1.28. The highest BCUT2D eigenvalue weighted by molar-refractivity contribution is 5.58. The van der Waals surface area contributed by atoms with Gasteiger partial charge in [-0.05, 0) is 6.92 Å². The summed E-state index contributed by atoms with van der Waals surface area (Å²) in [6.45, 7) is 1.76. The van der Waals surface area contributed by atoms with E-state index in [0.717, 1.165) is 11.8 Å². The molecule has 1 aliphatic heterocycles. The standard InChI is InChI=1S/C12H16FNO6/c1-6-8(13)10(16)7(11(17)9(6)15)12(18,19)14-2-4-20-5-3-14/h15-19H,2-5H2,1H3. The van der Waals surface area contributed by atoms with Crippen molar-refractivity contribution >= 4 is 0 Å². The molecule has 0 aliphatic carbocycles. The Bertz CT molecular complexity index is 498. The van der Waals surface area contributed by atoms with Gasteiger partial charge in [0.1, 0.15) is 5.56 Å². The lowest BCUT2D eigenvalue weighted by molar-refractivity contribution is -0.288. The first-order valence-electron chi connectivity index (χ1n) is 5.99. The molecule has 1 fully saturated rings. The molecule has 20 heavy (non-hydrogen) atoms. The maximum Gasteiger partial charge on any atom is 0.261 e. The second-order valence-corrected chi connectivity index (χ2v) is 4.59. The number of halogens is 1. The number of benzene rings is 1. The van der Waals surface area contributed by atoms with E-state index in [-0.39, 0.29) is 31.9 Å². The van der Waals surface area contributed by atoms with Crippen molar-refractivity contribution in [3.05, 3.63) is 16.9 Å². The van der Waals surface area contributed by atoms with Crippen LogP contribution in [0.3, 0.4) is 0 Å². The Labute approximate surface area is 114 Å². The highest BCUT2D eigenvalue weighted by Gasteiger charge is 2.42. The molecule has 1 saturated heterocycles. The van der Waals surface area contributed by atoms with Gasteiger partial charge in [0.25, 0.3) is 5.91 Å². The highest BCUT2D eigenvalue weighted by Crippen LogP contribution is 2.46. The van der Waals surface area contributed by atoms with Crippen LogP contribution in [0, 0.1) is 12.7 Å². The molecule has 5 N–H and O–H groups in total. The molecule has 0 aromatic heterocycles. The van der Waals surface area contributed by atoms with Gasteiger partial charge in [0.15, 0.2) is 23.1 Å². The topological polar surface area (TPSA) is 114 Å². The molecule has 7 nitrogen and oxygen atoms in total. The fourth-order valence-corrected chi connectivity index (χ4v) is 2.15. The number of phenolic OH excluding ortho intramolecular Hbond substituents is 3. The minimum atomic E-state index is -2.83. The number of morpholine rings is 1. The minimum absolute atomic E-state index is 0.0993. The highest BCUT2D eigenvalue weighted by atomic mass is 19.1. The number of rotatable bonds is 2. The summed E-state index contributed by atoms with van der Waals surface area (Å²) in [4.78, 5) is 1.08. The molecule has 0 bridgehead atoms. The zero-order valence-corrected chi connectivity index (χ0v) is 10.8. The van der Waals surface area contributed by atoms with Crippen LogP contribution in [0.15, 0.2) is 0 Å². The summed E-state index contributed by atoms with van der Waals surface area (Å²) in [5, 5.41) is 49.4. The van der Waals surface area contributed by atoms with E-state index in [4.69, 9.17) is 4.74 Å². The summed E-state index contributed by atoms with van der Waals surface area (Å²) in [7, 11) is 0. The largest absolute Gasteiger partial charge is 0.504 e. The van der Waals surface area contributed by atoms with Gasteiger partial charge in [-0.2, -0.15) is 0 Å². The van der Waals surface area contributed by atoms with Gasteiger partial charge in [-0.15, -0.1) is 0 Å². The van der Waals surface area contributed by atoms with Crippen molar-refractivity contribution < 1.29 is 34.7 Å². The molecule has 0 saturated carbocycles. The molecule has 0 unspecified atom stereocenters. The number of ether oxygens (including phenoxy) is 1. The summed E-state index contributed by atoms with van der Waals surface area (Å²) in [6.07, 6.45) is 0. The van der Waals surface area contributed by atoms with Crippen LogP contribution in [0.25, 0.3) is 0 Å². The van der Waals surface area contributed by atoms with Gasteiger partial charge in [-0.1, -0.05) is 0 Å². The Morgan fingerprint density at radius 2 is 1.60 bits per heavy atom. The normalized spacial score (nSPS) is 17.4. The van der Waals surface area contributed by atoms with Gasteiger partial charge in [0.05, 0.1) is 13.2 Å². The Hall–Kier alpha value is -1.61. The van der Waals surface area contributed by atoms with Gasteiger partial charge in [-0.25, -0.2) is 9.29 Å². The van der Waals surface area contributed by atoms with Gasteiger partial charge < -0.3 is 30.3 Å². The van der Waals surface area contributed by atoms with Crippen molar-refractivity contribution in [2.24, 2.45) is 0 Å². The van der Waals surface area contributed by atoms with Crippen LogP contribution in [-0.4, -0.2) is 56.7 Å². The molecule has 112 valence electrons. The van der Waals surface area contributed by atoms with Crippen LogP contribution in [0.4, 0.5) is 4.39 Å². The first-order valence-corrected chi connectivity index (χ1v) is 5.99. The van der Waals surface area contributed by atoms with Crippen molar-refractivity contribution in [2.75, 3.05) is 26.3 Å². The maximum atomic E-state index is 13.7. The van der Waals surface area contributed by atoms with Crippen molar-refractivity contribution in [1.29, 1.82) is 0 Å². The third kappa shape index (κ3) is 2.16. The lowest BCUT2D eigenvalue weighted by atomic mass is 10.0. The molecule has 0 radical (unpaired) electrons. The first-order chi connectivity index (χ1) is 9.28. The van der Waals surface area contributed by atoms with Crippen LogP contribution in [0.2, 0.25) is 0 Å². The molecule has 1 aromatic rings. The summed E-state index contributed by atoms with van der Waals surface area (Å²) < 4.78 is 18.8. The van der Waals surface area contributed by atoms with E-state index in [1.165, 1.54) is 0 Å². The van der Waals surface area contributed by atoms with Crippen molar-refractivity contribution in [2.45, 2.75) is 12.8 Å².